The van der Waals surface area contributed by atoms with E-state index in [4.69, 9.17) is 4.74 Å². The Bertz CT molecular complexity index is 760. The van der Waals surface area contributed by atoms with Gasteiger partial charge < -0.3 is 10.1 Å². The third-order valence-corrected chi connectivity index (χ3v) is 4.82. The van der Waals surface area contributed by atoms with E-state index >= 15 is 0 Å². The number of halogens is 1. The number of fused-ring (bicyclic) bond motifs is 1. The average molecular weight is 388 g/mol. The van der Waals surface area contributed by atoms with E-state index in [1.54, 1.807) is 18.2 Å². The van der Waals surface area contributed by atoms with Crippen molar-refractivity contribution in [2.75, 3.05) is 6.61 Å². The number of benzene rings is 2. The fraction of sp³-hybridized carbons (Fsp3) is 0.263. The maximum atomic E-state index is 12.1. The van der Waals surface area contributed by atoms with Gasteiger partial charge in [0.05, 0.1) is 11.6 Å². The molecule has 5 heteroatoms. The van der Waals surface area contributed by atoms with E-state index in [1.165, 1.54) is 5.56 Å². The maximum absolute atomic E-state index is 12.1. The molecule has 0 aliphatic heterocycles. The van der Waals surface area contributed by atoms with Crippen molar-refractivity contribution >= 4 is 27.8 Å². The van der Waals surface area contributed by atoms with Crippen molar-refractivity contribution in [1.82, 2.24) is 5.32 Å². The smallest absolute Gasteiger partial charge is 0.339 e. The van der Waals surface area contributed by atoms with Gasteiger partial charge in [-0.1, -0.05) is 36.4 Å². The number of nitrogens with one attached hydrogen (secondary N) is 1. The highest BCUT2D eigenvalue weighted by Gasteiger charge is 2.22. The van der Waals surface area contributed by atoms with Crippen LogP contribution in [0.15, 0.2) is 53.0 Å². The summed E-state index contributed by atoms with van der Waals surface area (Å²) in [6.45, 7) is -0.279. The summed E-state index contributed by atoms with van der Waals surface area (Å²) in [5.41, 5.74) is 2.85. The Balaban J connectivity index is 1.57. The van der Waals surface area contributed by atoms with Crippen molar-refractivity contribution < 1.29 is 14.3 Å². The van der Waals surface area contributed by atoms with Gasteiger partial charge in [0.15, 0.2) is 6.61 Å². The van der Waals surface area contributed by atoms with Crippen LogP contribution < -0.4 is 5.32 Å². The van der Waals surface area contributed by atoms with Crippen LogP contribution in [0.3, 0.4) is 0 Å². The van der Waals surface area contributed by atoms with Gasteiger partial charge in [-0.05, 0) is 58.5 Å². The van der Waals surface area contributed by atoms with E-state index in [2.05, 4.69) is 27.3 Å². The van der Waals surface area contributed by atoms with Crippen LogP contribution in [0, 0.1) is 0 Å². The molecule has 2 aromatic rings. The van der Waals surface area contributed by atoms with Gasteiger partial charge in [-0.3, -0.25) is 4.79 Å². The van der Waals surface area contributed by atoms with Gasteiger partial charge in [-0.2, -0.15) is 0 Å². The number of hydrogen-bond donors (Lipinski definition) is 1. The number of hydrogen-bond acceptors (Lipinski definition) is 3. The van der Waals surface area contributed by atoms with Crippen molar-refractivity contribution in [3.63, 3.8) is 0 Å². The van der Waals surface area contributed by atoms with Gasteiger partial charge in [0.25, 0.3) is 5.91 Å². The van der Waals surface area contributed by atoms with Crippen LogP contribution in [0.5, 0.6) is 0 Å². The highest BCUT2D eigenvalue weighted by Crippen LogP contribution is 2.29. The first-order valence-corrected chi connectivity index (χ1v) is 8.73. The Labute approximate surface area is 149 Å². The lowest BCUT2D eigenvalue weighted by Crippen LogP contribution is -2.34. The van der Waals surface area contributed by atoms with E-state index in [0.29, 0.717) is 10.0 Å². The second-order valence-corrected chi connectivity index (χ2v) is 6.62. The number of rotatable bonds is 4. The SMILES string of the molecule is O=C(COC(=O)c1ccccc1Br)NC1CCCc2ccccc21. The zero-order valence-corrected chi connectivity index (χ0v) is 14.7. The zero-order chi connectivity index (χ0) is 16.9. The van der Waals surface area contributed by atoms with Crippen molar-refractivity contribution in [2.24, 2.45) is 0 Å². The van der Waals surface area contributed by atoms with Crippen molar-refractivity contribution in [3.05, 3.63) is 69.7 Å². The molecule has 4 nitrogen and oxygen atoms in total. The normalized spacial score (nSPS) is 16.1. The molecule has 1 amide bonds. The van der Waals surface area contributed by atoms with Gasteiger partial charge in [0.2, 0.25) is 0 Å². The number of carbonyl (C=O) groups excluding carboxylic acids is 2. The lowest BCUT2D eigenvalue weighted by Gasteiger charge is -2.26. The van der Waals surface area contributed by atoms with Gasteiger partial charge >= 0.3 is 5.97 Å². The molecule has 1 N–H and O–H groups in total. The lowest BCUT2D eigenvalue weighted by atomic mass is 9.88. The molecule has 0 spiro atoms. The Morgan fingerprint density at radius 3 is 2.71 bits per heavy atom. The van der Waals surface area contributed by atoms with Gasteiger partial charge in [0.1, 0.15) is 0 Å². The summed E-state index contributed by atoms with van der Waals surface area (Å²) in [4.78, 5) is 24.2. The predicted octanol–water partition coefficient (Wildman–Crippen LogP) is 3.80. The van der Waals surface area contributed by atoms with E-state index in [0.717, 1.165) is 24.8 Å². The third-order valence-electron chi connectivity index (χ3n) is 4.13. The van der Waals surface area contributed by atoms with Crippen molar-refractivity contribution in [2.45, 2.75) is 25.3 Å². The molecule has 1 atom stereocenters. The molecule has 0 bridgehead atoms. The van der Waals surface area contributed by atoms with Crippen LogP contribution in [0.25, 0.3) is 0 Å². The number of ether oxygens (including phenoxy) is 1. The molecule has 1 aliphatic rings. The van der Waals surface area contributed by atoms with Crippen LogP contribution in [-0.4, -0.2) is 18.5 Å². The predicted molar refractivity (Wildman–Crippen MR) is 94.7 cm³/mol. The minimum atomic E-state index is -0.512. The topological polar surface area (TPSA) is 55.4 Å². The van der Waals surface area contributed by atoms with Gasteiger partial charge in [-0.25, -0.2) is 4.79 Å². The van der Waals surface area contributed by atoms with E-state index in [1.807, 2.05) is 24.3 Å². The molecule has 0 radical (unpaired) electrons. The van der Waals surface area contributed by atoms with Crippen LogP contribution in [0.2, 0.25) is 0 Å². The summed E-state index contributed by atoms with van der Waals surface area (Å²) in [5, 5.41) is 2.97. The maximum Gasteiger partial charge on any atom is 0.339 e. The standard InChI is InChI=1S/C19H18BrNO3/c20-16-10-4-3-9-15(16)19(23)24-12-18(22)21-17-11-5-7-13-6-1-2-8-14(13)17/h1-4,6,8-10,17H,5,7,11-12H2,(H,21,22). The summed E-state index contributed by atoms with van der Waals surface area (Å²) in [5.74, 6) is -0.793. The molecule has 1 unspecified atom stereocenters. The summed E-state index contributed by atoms with van der Waals surface area (Å²) in [6, 6.07) is 15.1. The van der Waals surface area contributed by atoms with Crippen LogP contribution in [0.1, 0.15) is 40.4 Å². The molecule has 0 saturated carbocycles. The van der Waals surface area contributed by atoms with Crippen molar-refractivity contribution in [1.29, 1.82) is 0 Å². The molecule has 0 aromatic heterocycles. The average Bonchev–Trinajstić information content (AvgIpc) is 2.60. The Hall–Kier alpha value is -2.14. The number of carbonyl (C=O) groups is 2. The van der Waals surface area contributed by atoms with Crippen LogP contribution in [0.4, 0.5) is 0 Å². The minimum absolute atomic E-state index is 0.00962. The van der Waals surface area contributed by atoms with Gasteiger partial charge in [-0.15, -0.1) is 0 Å². The molecule has 0 saturated heterocycles. The molecule has 3 rings (SSSR count). The monoisotopic (exact) mass is 387 g/mol. The van der Waals surface area contributed by atoms with Gasteiger partial charge in [0, 0.05) is 4.47 Å². The Kier molecular flexibility index (Phi) is 5.30. The first-order chi connectivity index (χ1) is 11.6. The number of amides is 1. The zero-order valence-electron chi connectivity index (χ0n) is 13.1. The molecule has 0 fully saturated rings. The lowest BCUT2D eigenvalue weighted by molar-refractivity contribution is -0.125. The largest absolute Gasteiger partial charge is 0.452 e. The Morgan fingerprint density at radius 1 is 1.12 bits per heavy atom. The molecular weight excluding hydrogens is 370 g/mol. The molecule has 124 valence electrons. The quantitative estimate of drug-likeness (QED) is 0.811. The molecule has 0 heterocycles. The summed E-state index contributed by atoms with van der Waals surface area (Å²) in [7, 11) is 0. The van der Waals surface area contributed by atoms with E-state index < -0.39 is 5.97 Å². The summed E-state index contributed by atoms with van der Waals surface area (Å²) < 4.78 is 5.77. The van der Waals surface area contributed by atoms with Crippen molar-refractivity contribution in [3.8, 4) is 0 Å². The molecule has 1 aliphatic carbocycles. The summed E-state index contributed by atoms with van der Waals surface area (Å²) >= 11 is 3.30. The third kappa shape index (κ3) is 3.85. The molecule has 24 heavy (non-hydrogen) atoms. The van der Waals surface area contributed by atoms with Crippen LogP contribution >= 0.6 is 15.9 Å². The fourth-order valence-electron chi connectivity index (χ4n) is 2.98. The Morgan fingerprint density at radius 2 is 1.88 bits per heavy atom. The second-order valence-electron chi connectivity index (χ2n) is 5.77. The number of aryl methyl sites for hydroxylation is 1. The highest BCUT2D eigenvalue weighted by atomic mass is 79.9. The van der Waals surface area contributed by atoms with Crippen LogP contribution in [-0.2, 0) is 16.0 Å². The second kappa shape index (κ2) is 7.62. The van der Waals surface area contributed by atoms with E-state index in [-0.39, 0.29) is 18.6 Å². The molecular formula is C19H18BrNO3. The minimum Gasteiger partial charge on any atom is -0.452 e. The fourth-order valence-corrected chi connectivity index (χ4v) is 3.42. The molecule has 2 aromatic carbocycles. The summed E-state index contributed by atoms with van der Waals surface area (Å²) in [6.07, 6.45) is 2.99. The first-order valence-electron chi connectivity index (χ1n) is 7.94. The first kappa shape index (κ1) is 16.7. The highest BCUT2D eigenvalue weighted by molar-refractivity contribution is 9.10. The number of esters is 1. The van der Waals surface area contributed by atoms with E-state index in [9.17, 15) is 9.59 Å².